The Kier molecular flexibility index (Phi) is 15.9. The Morgan fingerprint density at radius 1 is 1.11 bits per heavy atom. The lowest BCUT2D eigenvalue weighted by molar-refractivity contribution is -0.137. The van der Waals surface area contributed by atoms with E-state index in [1.807, 2.05) is 6.92 Å². The molecule has 0 radical (unpaired) electrons. The van der Waals surface area contributed by atoms with E-state index in [1.165, 1.54) is 13.8 Å². The number of nitrogens with one attached hydrogen (secondary N) is 3. The van der Waals surface area contributed by atoms with Crippen molar-refractivity contribution in [2.24, 2.45) is 17.1 Å². The van der Waals surface area contributed by atoms with Crippen LogP contribution in [0, 0.1) is 11.3 Å². The Bertz CT molecular complexity index is 1910. The van der Waals surface area contributed by atoms with Crippen LogP contribution in [0.1, 0.15) is 39.8 Å². The van der Waals surface area contributed by atoms with E-state index < -0.39 is 84.6 Å². The van der Waals surface area contributed by atoms with Crippen LogP contribution in [-0.2, 0) is 50.7 Å². The zero-order chi connectivity index (χ0) is 42.5. The molecule has 10 atom stereocenters. The van der Waals surface area contributed by atoms with Gasteiger partial charge in [-0.3, -0.25) is 37.8 Å². The number of nitrogens with zero attached hydrogens (tertiary/aromatic N) is 4. The molecule has 57 heavy (non-hydrogen) atoms. The van der Waals surface area contributed by atoms with Crippen LogP contribution in [0.25, 0.3) is 11.2 Å². The van der Waals surface area contributed by atoms with E-state index in [4.69, 9.17) is 25.3 Å². The third-order valence-corrected chi connectivity index (χ3v) is 12.6. The van der Waals surface area contributed by atoms with Gasteiger partial charge in [-0.15, -0.1) is 0 Å². The molecule has 2 aliphatic heterocycles. The molecule has 0 aliphatic carbocycles. The number of phosphoric ester groups is 3. The lowest BCUT2D eigenvalue weighted by atomic mass is 9.87. The van der Waals surface area contributed by atoms with E-state index in [9.17, 15) is 57.9 Å². The number of aromatic nitrogens is 4. The zero-order valence-electron chi connectivity index (χ0n) is 30.6. The molecule has 2 fully saturated rings. The van der Waals surface area contributed by atoms with Crippen molar-refractivity contribution in [2.45, 2.75) is 76.5 Å². The first-order valence-corrected chi connectivity index (χ1v) is 22.5. The van der Waals surface area contributed by atoms with Gasteiger partial charge in [0.05, 0.1) is 31.7 Å². The predicted octanol–water partition coefficient (Wildman–Crippen LogP) is -2.05. The average Bonchev–Trinajstić information content (AvgIpc) is 3.78. The zero-order valence-corrected chi connectivity index (χ0v) is 34.1. The maximum atomic E-state index is 12.7. The third kappa shape index (κ3) is 13.2. The molecule has 2 aromatic heterocycles. The molecule has 0 saturated carbocycles. The van der Waals surface area contributed by atoms with Crippen LogP contribution in [-0.4, -0.2) is 135 Å². The largest absolute Gasteiger partial charge is 0.481 e. The van der Waals surface area contributed by atoms with E-state index >= 15 is 0 Å². The van der Waals surface area contributed by atoms with Gasteiger partial charge in [0.15, 0.2) is 17.7 Å². The number of carbonyl (C=O) groups excluding carboxylic acids is 3. The molecule has 4 rings (SSSR count). The van der Waals surface area contributed by atoms with Crippen molar-refractivity contribution in [3.63, 3.8) is 0 Å². The van der Waals surface area contributed by atoms with Gasteiger partial charge in [-0.25, -0.2) is 28.6 Å². The Hall–Kier alpha value is -2.52. The molecular formula is C27H46N9O17P3S. The summed E-state index contributed by atoms with van der Waals surface area (Å²) in [5.41, 5.74) is 10.1. The molecule has 2 amide bonds. The number of fused-ring (bicyclic) bond motifs is 1. The molecule has 30 heteroatoms. The minimum Gasteiger partial charge on any atom is -0.386 e. The predicted molar refractivity (Wildman–Crippen MR) is 196 cm³/mol. The fourth-order valence-electron chi connectivity index (χ4n) is 5.67. The van der Waals surface area contributed by atoms with Gasteiger partial charge in [0.1, 0.15) is 36.3 Å². The second-order valence-corrected chi connectivity index (χ2v) is 19.0. The summed E-state index contributed by atoms with van der Waals surface area (Å²) in [4.78, 5) is 88.1. The molecule has 0 bridgehead atoms. The number of hydrogen-bond donors (Lipinski definition) is 11. The summed E-state index contributed by atoms with van der Waals surface area (Å²) in [5, 5.41) is 29.3. The second kappa shape index (κ2) is 19.2. The van der Waals surface area contributed by atoms with Crippen molar-refractivity contribution in [3.8, 4) is 0 Å². The lowest BCUT2D eigenvalue weighted by Crippen LogP contribution is -2.46. The number of nitrogens with two attached hydrogens (primary N) is 2. The summed E-state index contributed by atoms with van der Waals surface area (Å²) < 4.78 is 62.1. The molecule has 0 aromatic carbocycles. The minimum atomic E-state index is -5.57. The highest BCUT2D eigenvalue weighted by atomic mass is 32.2. The number of amides is 2. The minimum absolute atomic E-state index is 0.0286. The Balaban J connectivity index is 1.22. The maximum absolute atomic E-state index is 12.7. The molecule has 322 valence electrons. The normalized spacial score (nSPS) is 26.8. The third-order valence-electron chi connectivity index (χ3n) is 8.59. The van der Waals surface area contributed by atoms with E-state index in [1.54, 1.807) is 0 Å². The van der Waals surface area contributed by atoms with E-state index in [2.05, 4.69) is 39.7 Å². The number of imidazole rings is 1. The number of rotatable bonds is 20. The van der Waals surface area contributed by atoms with Crippen LogP contribution in [0.2, 0.25) is 0 Å². The van der Waals surface area contributed by atoms with E-state index in [0.29, 0.717) is 12.2 Å². The molecule has 0 spiro atoms. The number of thioether (sulfide) groups is 1. The molecule has 2 aliphatic rings. The van der Waals surface area contributed by atoms with Crippen molar-refractivity contribution in [1.29, 1.82) is 0 Å². The second-order valence-electron chi connectivity index (χ2n) is 13.7. The van der Waals surface area contributed by atoms with Crippen molar-refractivity contribution >= 4 is 69.1 Å². The van der Waals surface area contributed by atoms with Crippen molar-refractivity contribution in [3.05, 3.63) is 12.7 Å². The average molecular weight is 894 g/mol. The number of aliphatic hydroxyl groups excluding tert-OH is 2. The van der Waals surface area contributed by atoms with Crippen molar-refractivity contribution < 1.29 is 80.5 Å². The van der Waals surface area contributed by atoms with Crippen LogP contribution in [0.3, 0.4) is 0 Å². The molecular weight excluding hydrogens is 847 g/mol. The van der Waals surface area contributed by atoms with Gasteiger partial charge in [-0.2, -0.15) is 4.31 Å². The van der Waals surface area contributed by atoms with Crippen LogP contribution in [0.15, 0.2) is 12.7 Å². The summed E-state index contributed by atoms with van der Waals surface area (Å²) in [7, 11) is -16.4. The molecule has 2 saturated heterocycles. The highest BCUT2D eigenvalue weighted by Gasteiger charge is 2.50. The van der Waals surface area contributed by atoms with Gasteiger partial charge in [0, 0.05) is 30.7 Å². The van der Waals surface area contributed by atoms with E-state index in [-0.39, 0.29) is 59.7 Å². The first-order chi connectivity index (χ1) is 26.4. The van der Waals surface area contributed by atoms with Crippen LogP contribution >= 0.6 is 35.2 Å². The summed E-state index contributed by atoms with van der Waals surface area (Å²) in [6.07, 6.45) is -6.52. The first kappa shape index (κ1) is 47.2. The topological polar surface area (TPSA) is 402 Å². The summed E-state index contributed by atoms with van der Waals surface area (Å²) in [5.74, 6) is -1.07. The molecule has 26 nitrogen and oxygen atoms in total. The van der Waals surface area contributed by atoms with Gasteiger partial charge in [0.2, 0.25) is 16.9 Å². The standard InChI is InChI=1S/C27H46N9O17P3S/c1-13-8-15(28)35-17(13)26(41)57-7-6-30-16(37)4-5-31-24(40)21(39)27(2,3)10-50-56(47,48)53-55(45,46)49-9-14-20(52-54(42,43)44)19(38)25(51-14)36-12-34-18-22(29)32-11-33-23(18)36/h11-15,17,19-21,25,35,38-39H,4-10,28H2,1-3H3,(H,30,37)(H,31,40)(H,45,46)(H,47,48)(H2,29,32,33)(H2,42,43,44). The summed E-state index contributed by atoms with van der Waals surface area (Å²) in [6, 6.07) is -0.363. The number of carbonyl (C=O) groups is 3. The highest BCUT2D eigenvalue weighted by Crippen LogP contribution is 2.61. The Morgan fingerprint density at radius 3 is 2.44 bits per heavy atom. The number of ether oxygens (including phenoxy) is 1. The smallest absolute Gasteiger partial charge is 0.386 e. The quantitative estimate of drug-likeness (QED) is 0.0503. The molecule has 2 aromatic rings. The first-order valence-electron chi connectivity index (χ1n) is 17.0. The fourth-order valence-corrected chi connectivity index (χ4v) is 9.39. The van der Waals surface area contributed by atoms with Gasteiger partial charge in [-0.1, -0.05) is 32.5 Å². The van der Waals surface area contributed by atoms with Gasteiger partial charge >= 0.3 is 23.5 Å². The molecule has 10 unspecified atom stereocenters. The number of phosphoric acid groups is 3. The number of hydrogen-bond acceptors (Lipinski definition) is 20. The number of aliphatic hydroxyl groups is 2. The molecule has 4 heterocycles. The summed E-state index contributed by atoms with van der Waals surface area (Å²) in [6.45, 7) is 2.36. The van der Waals surface area contributed by atoms with Crippen LogP contribution in [0.4, 0.5) is 5.82 Å². The number of nitrogen functional groups attached to an aromatic ring is 1. The van der Waals surface area contributed by atoms with Crippen molar-refractivity contribution in [1.82, 2.24) is 35.5 Å². The van der Waals surface area contributed by atoms with Gasteiger partial charge in [-0.05, 0) is 12.3 Å². The SMILES string of the molecule is CC1CC(N)NC1C(=O)SCCNC(=O)CCNC(=O)C(O)C(C)(C)COP(=O)(O)OP(=O)(O)OCC1OC(n2cnc3c(N)ncnc32)C(O)C1OP(=O)(O)O. The van der Waals surface area contributed by atoms with Crippen molar-refractivity contribution in [2.75, 3.05) is 37.8 Å². The van der Waals surface area contributed by atoms with Crippen LogP contribution in [0.5, 0.6) is 0 Å². The fraction of sp³-hybridized carbons (Fsp3) is 0.704. The Morgan fingerprint density at radius 2 is 1.79 bits per heavy atom. The highest BCUT2D eigenvalue weighted by molar-refractivity contribution is 8.13. The Labute approximate surface area is 328 Å². The van der Waals surface area contributed by atoms with Gasteiger partial charge < -0.3 is 56.6 Å². The maximum Gasteiger partial charge on any atom is 0.481 e. The van der Waals surface area contributed by atoms with Gasteiger partial charge in [0.25, 0.3) is 0 Å². The monoisotopic (exact) mass is 893 g/mol. The molecule has 13 N–H and O–H groups in total. The summed E-state index contributed by atoms with van der Waals surface area (Å²) >= 11 is 1.06. The van der Waals surface area contributed by atoms with E-state index in [0.717, 1.165) is 29.0 Å². The van der Waals surface area contributed by atoms with Crippen LogP contribution < -0.4 is 27.4 Å². The lowest BCUT2D eigenvalue weighted by Gasteiger charge is -2.30. The number of anilines is 1.